The lowest BCUT2D eigenvalue weighted by molar-refractivity contribution is -0.384. The molecule has 1 heterocycles. The number of rotatable bonds is 4. The highest BCUT2D eigenvalue weighted by molar-refractivity contribution is 7.98. The summed E-state index contributed by atoms with van der Waals surface area (Å²) in [6.07, 6.45) is 1.95. The van der Waals surface area contributed by atoms with Gasteiger partial charge in [-0.2, -0.15) is 0 Å². The Bertz CT molecular complexity index is 838. The number of nitro groups is 1. The van der Waals surface area contributed by atoms with Gasteiger partial charge in [0.25, 0.3) is 11.6 Å². The molecule has 1 fully saturated rings. The number of non-ortho nitro benzene ring substituents is 1. The van der Waals surface area contributed by atoms with E-state index in [0.717, 1.165) is 10.6 Å². The maximum absolute atomic E-state index is 12.8. The molecule has 0 atom stereocenters. The largest absolute Gasteiger partial charge is 0.368 e. The molecule has 6 nitrogen and oxygen atoms in total. The van der Waals surface area contributed by atoms with Crippen molar-refractivity contribution in [3.63, 3.8) is 0 Å². The van der Waals surface area contributed by atoms with Crippen molar-refractivity contribution in [1.82, 2.24) is 4.90 Å². The summed E-state index contributed by atoms with van der Waals surface area (Å²) in [4.78, 5) is 28.2. The molecule has 8 heteroatoms. The Labute approximate surface area is 160 Å². The molecule has 2 aromatic carbocycles. The first-order chi connectivity index (χ1) is 12.5. The van der Waals surface area contributed by atoms with Crippen molar-refractivity contribution in [2.24, 2.45) is 0 Å². The number of benzene rings is 2. The van der Waals surface area contributed by atoms with Gasteiger partial charge in [0, 0.05) is 48.9 Å². The van der Waals surface area contributed by atoms with E-state index in [9.17, 15) is 14.9 Å². The minimum absolute atomic E-state index is 0.0710. The number of anilines is 1. The molecule has 0 aliphatic carbocycles. The topological polar surface area (TPSA) is 66.7 Å². The zero-order chi connectivity index (χ0) is 18.7. The van der Waals surface area contributed by atoms with Crippen LogP contribution in [0.4, 0.5) is 11.4 Å². The zero-order valence-electron chi connectivity index (χ0n) is 14.2. The van der Waals surface area contributed by atoms with Crippen LogP contribution in [0.25, 0.3) is 0 Å². The number of amides is 1. The average molecular weight is 392 g/mol. The normalized spacial score (nSPS) is 14.4. The molecule has 0 radical (unpaired) electrons. The van der Waals surface area contributed by atoms with E-state index < -0.39 is 4.92 Å². The maximum atomic E-state index is 12.8. The van der Waals surface area contributed by atoms with Crippen molar-refractivity contribution < 1.29 is 9.72 Å². The smallest absolute Gasteiger partial charge is 0.271 e. The first kappa shape index (κ1) is 18.5. The second-order valence-corrected chi connectivity index (χ2v) is 7.19. The average Bonchev–Trinajstić information content (AvgIpc) is 2.68. The van der Waals surface area contributed by atoms with Gasteiger partial charge in [0.15, 0.2) is 0 Å². The summed E-state index contributed by atoms with van der Waals surface area (Å²) in [5, 5.41) is 11.4. The fourth-order valence-corrected chi connectivity index (χ4v) is 3.57. The predicted octanol–water partition coefficient (Wildman–Crippen LogP) is 3.93. The molecule has 0 spiro atoms. The standard InChI is InChI=1S/C18H18ClN3O3S/c1-26-15-5-6-17(19)16(12-15)18(23)21-9-7-20(8-10-21)13-3-2-4-14(11-13)22(24)25/h2-6,11-12H,7-10H2,1H3. The van der Waals surface area contributed by atoms with E-state index in [0.29, 0.717) is 36.8 Å². The van der Waals surface area contributed by atoms with Gasteiger partial charge in [-0.3, -0.25) is 14.9 Å². The lowest BCUT2D eigenvalue weighted by Crippen LogP contribution is -2.48. The lowest BCUT2D eigenvalue weighted by Gasteiger charge is -2.36. The molecule has 1 saturated heterocycles. The molecule has 0 bridgehead atoms. The van der Waals surface area contributed by atoms with Gasteiger partial charge in [-0.15, -0.1) is 11.8 Å². The fourth-order valence-electron chi connectivity index (χ4n) is 2.94. The highest BCUT2D eigenvalue weighted by Gasteiger charge is 2.24. The van der Waals surface area contributed by atoms with Crippen molar-refractivity contribution in [3.05, 3.63) is 63.2 Å². The third kappa shape index (κ3) is 3.94. The molecule has 3 rings (SSSR count). The van der Waals surface area contributed by atoms with E-state index in [-0.39, 0.29) is 11.6 Å². The van der Waals surface area contributed by atoms with E-state index in [4.69, 9.17) is 11.6 Å². The minimum atomic E-state index is -0.399. The van der Waals surface area contributed by atoms with Gasteiger partial charge in [-0.25, -0.2) is 0 Å². The van der Waals surface area contributed by atoms with Gasteiger partial charge in [0.05, 0.1) is 15.5 Å². The molecular weight excluding hydrogens is 374 g/mol. The third-order valence-electron chi connectivity index (χ3n) is 4.38. The minimum Gasteiger partial charge on any atom is -0.368 e. The van der Waals surface area contributed by atoms with Crippen LogP contribution in [0.2, 0.25) is 5.02 Å². The van der Waals surface area contributed by atoms with Crippen molar-refractivity contribution >= 4 is 40.6 Å². The Hall–Kier alpha value is -2.25. The summed E-state index contributed by atoms with van der Waals surface area (Å²) >= 11 is 7.77. The number of nitro benzene ring substituents is 1. The Kier molecular flexibility index (Phi) is 5.68. The van der Waals surface area contributed by atoms with Crippen molar-refractivity contribution in [2.45, 2.75) is 4.90 Å². The maximum Gasteiger partial charge on any atom is 0.271 e. The van der Waals surface area contributed by atoms with Crippen LogP contribution < -0.4 is 4.90 Å². The van der Waals surface area contributed by atoms with Crippen LogP contribution in [-0.4, -0.2) is 48.2 Å². The Morgan fingerprint density at radius 2 is 1.88 bits per heavy atom. The molecule has 0 saturated carbocycles. The number of thioether (sulfide) groups is 1. The highest BCUT2D eigenvalue weighted by atomic mass is 35.5. The summed E-state index contributed by atoms with van der Waals surface area (Å²) in [7, 11) is 0. The van der Waals surface area contributed by atoms with Gasteiger partial charge < -0.3 is 9.80 Å². The van der Waals surface area contributed by atoms with Crippen LogP contribution in [0.5, 0.6) is 0 Å². The fraction of sp³-hybridized carbons (Fsp3) is 0.278. The predicted molar refractivity (Wildman–Crippen MR) is 104 cm³/mol. The number of hydrogen-bond donors (Lipinski definition) is 0. The quantitative estimate of drug-likeness (QED) is 0.448. The molecule has 2 aromatic rings. The molecule has 0 aromatic heterocycles. The highest BCUT2D eigenvalue weighted by Crippen LogP contribution is 2.26. The van der Waals surface area contributed by atoms with E-state index in [1.54, 1.807) is 34.9 Å². The van der Waals surface area contributed by atoms with Crippen LogP contribution in [0.3, 0.4) is 0 Å². The van der Waals surface area contributed by atoms with Crippen molar-refractivity contribution in [2.75, 3.05) is 37.3 Å². The second-order valence-electron chi connectivity index (χ2n) is 5.90. The van der Waals surface area contributed by atoms with Crippen LogP contribution in [-0.2, 0) is 0 Å². The SMILES string of the molecule is CSc1ccc(Cl)c(C(=O)N2CCN(c3cccc([N+](=O)[O-])c3)CC2)c1. The Morgan fingerprint density at radius 3 is 2.54 bits per heavy atom. The summed E-state index contributed by atoms with van der Waals surface area (Å²) < 4.78 is 0. The molecular formula is C18H18ClN3O3S. The van der Waals surface area contributed by atoms with Crippen LogP contribution in [0.15, 0.2) is 47.4 Å². The number of nitrogens with zero attached hydrogens (tertiary/aromatic N) is 3. The van der Waals surface area contributed by atoms with E-state index in [1.807, 2.05) is 24.5 Å². The van der Waals surface area contributed by atoms with Crippen molar-refractivity contribution in [1.29, 1.82) is 0 Å². The van der Waals surface area contributed by atoms with E-state index >= 15 is 0 Å². The van der Waals surface area contributed by atoms with Gasteiger partial charge in [0.2, 0.25) is 0 Å². The van der Waals surface area contributed by atoms with E-state index in [1.165, 1.54) is 6.07 Å². The first-order valence-electron chi connectivity index (χ1n) is 8.12. The molecule has 1 aliphatic heterocycles. The van der Waals surface area contributed by atoms with E-state index in [2.05, 4.69) is 4.90 Å². The molecule has 1 aliphatic rings. The Balaban J connectivity index is 1.69. The summed E-state index contributed by atoms with van der Waals surface area (Å²) in [5.41, 5.74) is 1.39. The number of halogens is 1. The molecule has 26 heavy (non-hydrogen) atoms. The van der Waals surface area contributed by atoms with Crippen LogP contribution >= 0.6 is 23.4 Å². The monoisotopic (exact) mass is 391 g/mol. The summed E-state index contributed by atoms with van der Waals surface area (Å²) in [6.45, 7) is 2.32. The van der Waals surface area contributed by atoms with Gasteiger partial charge in [0.1, 0.15) is 0 Å². The second kappa shape index (κ2) is 7.97. The number of carbonyl (C=O) groups excluding carboxylic acids is 1. The summed E-state index contributed by atoms with van der Waals surface area (Å²) in [6, 6.07) is 12.0. The molecule has 1 amide bonds. The van der Waals surface area contributed by atoms with Crippen LogP contribution in [0.1, 0.15) is 10.4 Å². The van der Waals surface area contributed by atoms with Crippen LogP contribution in [0, 0.1) is 10.1 Å². The first-order valence-corrected chi connectivity index (χ1v) is 9.72. The summed E-state index contributed by atoms with van der Waals surface area (Å²) in [5.74, 6) is -0.0791. The Morgan fingerprint density at radius 1 is 1.15 bits per heavy atom. The zero-order valence-corrected chi connectivity index (χ0v) is 15.8. The third-order valence-corrected chi connectivity index (χ3v) is 5.43. The number of hydrogen-bond acceptors (Lipinski definition) is 5. The molecule has 0 unspecified atom stereocenters. The van der Waals surface area contributed by atoms with Gasteiger partial charge in [-0.05, 0) is 30.5 Å². The lowest BCUT2D eigenvalue weighted by atomic mass is 10.1. The van der Waals surface area contributed by atoms with Gasteiger partial charge >= 0.3 is 0 Å². The van der Waals surface area contributed by atoms with Crippen molar-refractivity contribution in [3.8, 4) is 0 Å². The number of carbonyl (C=O) groups is 1. The molecule has 136 valence electrons. The molecule has 0 N–H and O–H groups in total. The number of piperazine rings is 1. The van der Waals surface area contributed by atoms with Gasteiger partial charge in [-0.1, -0.05) is 17.7 Å².